The van der Waals surface area contributed by atoms with Crippen molar-refractivity contribution in [1.82, 2.24) is 19.6 Å². The van der Waals surface area contributed by atoms with E-state index in [0.717, 1.165) is 10.6 Å². The summed E-state index contributed by atoms with van der Waals surface area (Å²) in [5, 5.41) is 13.2. The number of fused-ring (bicyclic) bond motifs is 3. The second-order valence-corrected chi connectivity index (χ2v) is 4.13. The van der Waals surface area contributed by atoms with Crippen molar-refractivity contribution in [3.05, 3.63) is 48.2 Å². The van der Waals surface area contributed by atoms with Crippen LogP contribution in [0, 0.1) is 10.1 Å². The third-order valence-electron chi connectivity index (χ3n) is 2.60. The van der Waals surface area contributed by atoms with E-state index in [1.165, 1.54) is 6.07 Å². The molecule has 0 amide bonds. The number of hydrogen-bond acceptors (Lipinski definition) is 5. The number of H-pyrrole nitrogens is 2. The van der Waals surface area contributed by atoms with Crippen molar-refractivity contribution in [3.63, 3.8) is 0 Å². The number of nitro groups is 1. The summed E-state index contributed by atoms with van der Waals surface area (Å²) in [6.07, 6.45) is 0. The van der Waals surface area contributed by atoms with Gasteiger partial charge in [-0.2, -0.15) is 9.50 Å². The number of nitrogens with zero attached hydrogens (tertiary/aromatic N) is 3. The average molecular weight is 282 g/mol. The summed E-state index contributed by atoms with van der Waals surface area (Å²) in [5.74, 6) is 0. The topological polar surface area (TPSA) is 126 Å². The minimum Gasteiger partial charge on any atom is -0.305 e. The number of aromatic amines is 2. The molecule has 0 bridgehead atoms. The normalized spacial score (nSPS) is 11.2. The molecule has 2 heterocycles. The largest absolute Gasteiger partial charge is 0.362 e. The molecule has 0 aliphatic carbocycles. The fourth-order valence-electron chi connectivity index (χ4n) is 1.81. The Morgan fingerprint density at radius 1 is 1.37 bits per heavy atom. The summed E-state index contributed by atoms with van der Waals surface area (Å²) < 4.78 is 0.910. The Bertz CT molecular complexity index is 953. The van der Waals surface area contributed by atoms with Crippen molar-refractivity contribution in [3.8, 4) is 0 Å². The van der Waals surface area contributed by atoms with Gasteiger partial charge in [-0.3, -0.25) is 10.1 Å². The minimum atomic E-state index is -0.701. The van der Waals surface area contributed by atoms with Gasteiger partial charge in [-0.05, 0) is 6.07 Å². The third kappa shape index (κ3) is 1.59. The summed E-state index contributed by atoms with van der Waals surface area (Å²) in [7, 11) is 0. The second-order valence-electron chi connectivity index (χ2n) is 3.72. The van der Waals surface area contributed by atoms with Crippen molar-refractivity contribution in [2.24, 2.45) is 0 Å². The Hall–Kier alpha value is -2.68. The zero-order valence-electron chi connectivity index (χ0n) is 9.01. The standard InChI is InChI=1S/C9H4ClN5O4/c10-4-1-3-5(2-6(4)15(18)19)11-9(17)14-7(3)12-8(16)13-14/h1-2H,(H,11,17)(H,13,16). The highest BCUT2D eigenvalue weighted by Crippen LogP contribution is 2.29. The molecule has 96 valence electrons. The molecule has 0 radical (unpaired) electrons. The summed E-state index contributed by atoms with van der Waals surface area (Å²) in [4.78, 5) is 39.0. The number of halogens is 1. The molecule has 10 heteroatoms. The van der Waals surface area contributed by atoms with Crippen LogP contribution in [-0.2, 0) is 0 Å². The highest BCUT2D eigenvalue weighted by Gasteiger charge is 2.17. The van der Waals surface area contributed by atoms with E-state index < -0.39 is 16.3 Å². The first kappa shape index (κ1) is 11.4. The van der Waals surface area contributed by atoms with Crippen LogP contribution >= 0.6 is 11.6 Å². The van der Waals surface area contributed by atoms with Gasteiger partial charge in [0.15, 0.2) is 5.65 Å². The highest BCUT2D eigenvalue weighted by molar-refractivity contribution is 6.33. The Kier molecular flexibility index (Phi) is 2.20. The number of rotatable bonds is 1. The molecule has 3 rings (SSSR count). The molecule has 0 spiro atoms. The number of nitro benzene ring substituents is 1. The summed E-state index contributed by atoms with van der Waals surface area (Å²) in [5.41, 5.74) is -1.47. The molecule has 0 fully saturated rings. The van der Waals surface area contributed by atoms with Crippen LogP contribution in [0.5, 0.6) is 0 Å². The van der Waals surface area contributed by atoms with Crippen LogP contribution < -0.4 is 11.4 Å². The van der Waals surface area contributed by atoms with Gasteiger partial charge in [0.2, 0.25) is 0 Å². The number of aromatic nitrogens is 4. The molecular formula is C9H4ClN5O4. The third-order valence-corrected chi connectivity index (χ3v) is 2.90. The van der Waals surface area contributed by atoms with Gasteiger partial charge in [-0.15, -0.1) is 0 Å². The molecule has 0 aliphatic heterocycles. The van der Waals surface area contributed by atoms with Gasteiger partial charge in [0.25, 0.3) is 5.69 Å². The van der Waals surface area contributed by atoms with Gasteiger partial charge in [0, 0.05) is 11.5 Å². The Morgan fingerprint density at radius 2 is 2.11 bits per heavy atom. The van der Waals surface area contributed by atoms with Crippen molar-refractivity contribution in [2.75, 3.05) is 0 Å². The Labute approximate surface area is 107 Å². The first-order chi connectivity index (χ1) is 8.97. The van der Waals surface area contributed by atoms with Crippen LogP contribution in [0.4, 0.5) is 5.69 Å². The van der Waals surface area contributed by atoms with Gasteiger partial charge < -0.3 is 4.98 Å². The van der Waals surface area contributed by atoms with Crippen LogP contribution in [-0.4, -0.2) is 24.5 Å². The van der Waals surface area contributed by atoms with E-state index in [4.69, 9.17) is 11.6 Å². The van der Waals surface area contributed by atoms with Crippen molar-refractivity contribution in [2.45, 2.75) is 0 Å². The molecule has 0 aliphatic rings. The van der Waals surface area contributed by atoms with E-state index in [1.807, 2.05) is 0 Å². The van der Waals surface area contributed by atoms with Gasteiger partial charge in [-0.1, -0.05) is 11.6 Å². The Balaban J connectivity index is 2.57. The van der Waals surface area contributed by atoms with E-state index in [2.05, 4.69) is 15.1 Å². The summed E-state index contributed by atoms with van der Waals surface area (Å²) in [6.45, 7) is 0. The number of hydrogen-bond donors (Lipinski definition) is 2. The molecule has 2 N–H and O–H groups in total. The highest BCUT2D eigenvalue weighted by atomic mass is 35.5. The van der Waals surface area contributed by atoms with Gasteiger partial charge in [0.05, 0.1) is 10.4 Å². The van der Waals surface area contributed by atoms with Gasteiger partial charge in [0.1, 0.15) is 5.02 Å². The first-order valence-electron chi connectivity index (χ1n) is 4.96. The molecule has 0 unspecified atom stereocenters. The maximum atomic E-state index is 11.7. The summed E-state index contributed by atoms with van der Waals surface area (Å²) in [6, 6.07) is 2.40. The van der Waals surface area contributed by atoms with Crippen LogP contribution in [0.1, 0.15) is 0 Å². The van der Waals surface area contributed by atoms with Crippen molar-refractivity contribution < 1.29 is 4.92 Å². The quantitative estimate of drug-likeness (QED) is 0.494. The van der Waals surface area contributed by atoms with E-state index in [0.29, 0.717) is 5.39 Å². The van der Waals surface area contributed by atoms with Crippen molar-refractivity contribution in [1.29, 1.82) is 0 Å². The monoisotopic (exact) mass is 281 g/mol. The lowest BCUT2D eigenvalue weighted by Gasteiger charge is -2.01. The minimum absolute atomic E-state index is 0.0561. The van der Waals surface area contributed by atoms with Crippen LogP contribution in [0.15, 0.2) is 21.7 Å². The maximum Gasteiger partial charge on any atom is 0.362 e. The lowest BCUT2D eigenvalue weighted by atomic mass is 10.2. The van der Waals surface area contributed by atoms with E-state index in [-0.39, 0.29) is 21.9 Å². The fourth-order valence-corrected chi connectivity index (χ4v) is 2.04. The van der Waals surface area contributed by atoms with E-state index in [1.54, 1.807) is 0 Å². The van der Waals surface area contributed by atoms with Crippen LogP contribution in [0.2, 0.25) is 5.02 Å². The molecular weight excluding hydrogens is 278 g/mol. The van der Waals surface area contributed by atoms with Crippen LogP contribution in [0.3, 0.4) is 0 Å². The zero-order chi connectivity index (χ0) is 13.7. The van der Waals surface area contributed by atoms with Gasteiger partial charge in [-0.25, -0.2) is 14.7 Å². The molecule has 1 aromatic carbocycles. The fraction of sp³-hybridized carbons (Fsp3) is 0. The first-order valence-corrected chi connectivity index (χ1v) is 5.34. The molecule has 0 atom stereocenters. The van der Waals surface area contributed by atoms with E-state index >= 15 is 0 Å². The predicted molar refractivity (Wildman–Crippen MR) is 65.6 cm³/mol. The van der Waals surface area contributed by atoms with Gasteiger partial charge >= 0.3 is 11.4 Å². The second kappa shape index (κ2) is 3.65. The van der Waals surface area contributed by atoms with Crippen molar-refractivity contribution >= 4 is 33.8 Å². The SMILES string of the molecule is O=c1nc2c3cc(Cl)c([N+](=O)[O-])cc3[nH]c(=O)n2[nH]1. The molecule has 19 heavy (non-hydrogen) atoms. The smallest absolute Gasteiger partial charge is 0.305 e. The lowest BCUT2D eigenvalue weighted by molar-refractivity contribution is -0.384. The maximum absolute atomic E-state index is 11.7. The number of benzene rings is 1. The Morgan fingerprint density at radius 3 is 2.79 bits per heavy atom. The van der Waals surface area contributed by atoms with E-state index in [9.17, 15) is 19.7 Å². The zero-order valence-corrected chi connectivity index (χ0v) is 9.76. The molecule has 3 aromatic rings. The average Bonchev–Trinajstić information content (AvgIpc) is 2.72. The molecule has 2 aromatic heterocycles. The molecule has 0 saturated carbocycles. The predicted octanol–water partition coefficient (Wildman–Crippen LogP) is 0.426. The summed E-state index contributed by atoms with van der Waals surface area (Å²) >= 11 is 5.79. The number of nitrogens with one attached hydrogen (secondary N) is 2. The van der Waals surface area contributed by atoms with Crippen LogP contribution in [0.25, 0.3) is 16.6 Å². The molecule has 0 saturated heterocycles. The molecule has 9 nitrogen and oxygen atoms in total. The lowest BCUT2D eigenvalue weighted by Crippen LogP contribution is -2.18.